The van der Waals surface area contributed by atoms with Crippen LogP contribution in [0, 0.1) is 23.7 Å². The number of carbonyl (C=O) groups is 1. The molecule has 2 aliphatic carbocycles. The molecule has 2 aliphatic rings. The van der Waals surface area contributed by atoms with E-state index < -0.39 is 30.3 Å². The molecule has 2 saturated carbocycles. The lowest BCUT2D eigenvalue weighted by atomic mass is 9.98. The van der Waals surface area contributed by atoms with Gasteiger partial charge in [0.05, 0.1) is 23.7 Å². The van der Waals surface area contributed by atoms with Crippen LogP contribution in [0.2, 0.25) is 0 Å². The number of aliphatic hydroxyl groups excluding tert-OH is 3. The van der Waals surface area contributed by atoms with E-state index in [0.717, 1.165) is 12.8 Å². The number of aromatic nitrogens is 4. The Kier molecular flexibility index (Phi) is 5.08. The molecule has 0 saturated heterocycles. The summed E-state index contributed by atoms with van der Waals surface area (Å²) in [6.07, 6.45) is 1.88. The van der Waals surface area contributed by atoms with Gasteiger partial charge in [0.25, 0.3) is 5.91 Å². The number of hydrogen-bond donors (Lipinski definition) is 4. The van der Waals surface area contributed by atoms with Gasteiger partial charge in [0.15, 0.2) is 5.65 Å². The number of aliphatic hydroxyl groups is 3. The molecule has 0 aliphatic heterocycles. The first-order valence-electron chi connectivity index (χ1n) is 9.57. The first-order valence-corrected chi connectivity index (χ1v) is 9.57. The smallest absolute Gasteiger partial charge is 0.251 e. The van der Waals surface area contributed by atoms with Crippen molar-refractivity contribution in [3.8, 4) is 11.8 Å². The molecule has 1 amide bonds. The van der Waals surface area contributed by atoms with Gasteiger partial charge in [-0.1, -0.05) is 18.4 Å². The van der Waals surface area contributed by atoms with E-state index in [0.29, 0.717) is 22.5 Å². The van der Waals surface area contributed by atoms with E-state index in [4.69, 9.17) is 0 Å². The maximum absolute atomic E-state index is 11.9. The third-order valence-electron chi connectivity index (χ3n) is 5.44. The van der Waals surface area contributed by atoms with Gasteiger partial charge in [0.1, 0.15) is 24.4 Å². The van der Waals surface area contributed by atoms with Crippen LogP contribution in [0.25, 0.3) is 11.0 Å². The highest BCUT2D eigenvalue weighted by molar-refractivity contribution is 6.06. The van der Waals surface area contributed by atoms with Crippen LogP contribution in [0.5, 0.6) is 0 Å². The van der Waals surface area contributed by atoms with E-state index in [1.807, 2.05) is 0 Å². The third-order valence-corrected chi connectivity index (χ3v) is 5.44. The lowest BCUT2D eigenvalue weighted by Gasteiger charge is -2.18. The lowest BCUT2D eigenvalue weighted by molar-refractivity contribution is -0.112. The molecule has 29 heavy (non-hydrogen) atoms. The van der Waals surface area contributed by atoms with Crippen LogP contribution >= 0.6 is 0 Å². The molecule has 4 rings (SSSR count). The molecular formula is C20H23N5O4. The molecule has 2 aromatic rings. The summed E-state index contributed by atoms with van der Waals surface area (Å²) >= 11 is 0. The molecule has 0 radical (unpaired) electrons. The molecule has 1 unspecified atom stereocenters. The summed E-state index contributed by atoms with van der Waals surface area (Å²) in [7, 11) is 0. The molecule has 4 N–H and O–H groups in total. The van der Waals surface area contributed by atoms with Crippen molar-refractivity contribution in [2.75, 3.05) is 5.32 Å². The Morgan fingerprint density at radius 2 is 2.10 bits per heavy atom. The molecule has 5 atom stereocenters. The molecule has 9 nitrogen and oxygen atoms in total. The average Bonchev–Trinajstić information content (AvgIpc) is 3.36. The zero-order valence-corrected chi connectivity index (χ0v) is 16.0. The Balaban J connectivity index is 1.60. The third kappa shape index (κ3) is 3.74. The number of anilines is 1. The molecule has 152 valence electrons. The van der Waals surface area contributed by atoms with Gasteiger partial charge in [-0.3, -0.25) is 4.79 Å². The number of rotatable bonds is 4. The van der Waals surface area contributed by atoms with Crippen LogP contribution in [-0.2, 0) is 4.79 Å². The summed E-state index contributed by atoms with van der Waals surface area (Å²) in [6, 6.07) is -0.593. The molecule has 0 spiro atoms. The van der Waals surface area contributed by atoms with Crippen LogP contribution in [0.3, 0.4) is 0 Å². The highest BCUT2D eigenvalue weighted by Crippen LogP contribution is 2.38. The van der Waals surface area contributed by atoms with Crippen LogP contribution in [0.1, 0.15) is 32.2 Å². The van der Waals surface area contributed by atoms with Gasteiger partial charge in [-0.25, -0.2) is 14.6 Å². The van der Waals surface area contributed by atoms with Crippen molar-refractivity contribution in [1.29, 1.82) is 0 Å². The quantitative estimate of drug-likeness (QED) is 0.433. The lowest BCUT2D eigenvalue weighted by Crippen LogP contribution is -2.33. The molecule has 0 aromatic carbocycles. The fraction of sp³-hybridized carbons (Fsp3) is 0.500. The summed E-state index contributed by atoms with van der Waals surface area (Å²) in [6.45, 7) is 5.19. The van der Waals surface area contributed by atoms with Gasteiger partial charge >= 0.3 is 0 Å². The molecule has 2 aromatic heterocycles. The van der Waals surface area contributed by atoms with Gasteiger partial charge in [-0.2, -0.15) is 5.10 Å². The topological polar surface area (TPSA) is 133 Å². The van der Waals surface area contributed by atoms with E-state index in [1.165, 1.54) is 17.2 Å². The molecule has 2 fully saturated rings. The predicted octanol–water partition coefficient (Wildman–Crippen LogP) is 0.398. The number of amides is 1. The Hall–Kier alpha value is -2.80. The van der Waals surface area contributed by atoms with Gasteiger partial charge in [-0.05, 0) is 26.2 Å². The summed E-state index contributed by atoms with van der Waals surface area (Å²) < 4.78 is 1.50. The van der Waals surface area contributed by atoms with Crippen molar-refractivity contribution < 1.29 is 20.1 Å². The monoisotopic (exact) mass is 397 g/mol. The van der Waals surface area contributed by atoms with E-state index in [1.54, 1.807) is 6.92 Å². The fourth-order valence-electron chi connectivity index (χ4n) is 3.56. The highest BCUT2D eigenvalue weighted by atomic mass is 16.3. The number of carbonyl (C=O) groups excluding carboxylic acids is 1. The van der Waals surface area contributed by atoms with Crippen LogP contribution in [0.15, 0.2) is 24.7 Å². The molecule has 0 bridgehead atoms. The predicted molar refractivity (Wildman–Crippen MR) is 104 cm³/mol. The maximum Gasteiger partial charge on any atom is 0.251 e. The Morgan fingerprint density at radius 1 is 1.34 bits per heavy atom. The zero-order valence-electron chi connectivity index (χ0n) is 16.0. The Bertz CT molecular complexity index is 1020. The van der Waals surface area contributed by atoms with Crippen molar-refractivity contribution in [1.82, 2.24) is 19.7 Å². The highest BCUT2D eigenvalue weighted by Gasteiger charge is 2.46. The first-order chi connectivity index (χ1) is 13.9. The number of fused-ring (bicyclic) bond motifs is 1. The second kappa shape index (κ2) is 7.55. The standard InChI is InChI=1S/C20H23N5O4/c1-10(2)20(29)24-18-13-8-23-25(19(13)22-9-21-18)14-7-12(16(27)17(14)28)15(26)6-5-11-3-4-11/h8-9,11-12,14-17,26-28H,1,3-4,7H2,2H3,(H,21,22,24,29)/t12-,14-,15?,16-,17+/m1/s1. The van der Waals surface area contributed by atoms with Gasteiger partial charge in [0, 0.05) is 17.4 Å². The fourth-order valence-corrected chi connectivity index (χ4v) is 3.56. The van der Waals surface area contributed by atoms with Crippen molar-refractivity contribution >= 4 is 22.8 Å². The maximum atomic E-state index is 11.9. The average molecular weight is 397 g/mol. The summed E-state index contributed by atoms with van der Waals surface area (Å²) in [5.74, 6) is 5.47. The second-order valence-corrected chi connectivity index (χ2v) is 7.74. The van der Waals surface area contributed by atoms with Gasteiger partial charge in [0.2, 0.25) is 0 Å². The SMILES string of the molecule is C=C(C)C(=O)Nc1ncnc2c1cnn2[C@@H]1C[C@H](C(O)C#CC2CC2)[C@@H](O)[C@H]1O. The number of nitrogens with one attached hydrogen (secondary N) is 1. The first kappa shape index (κ1) is 19.5. The summed E-state index contributed by atoms with van der Waals surface area (Å²) in [4.78, 5) is 20.2. The van der Waals surface area contributed by atoms with Gasteiger partial charge in [-0.15, -0.1) is 0 Å². The second-order valence-electron chi connectivity index (χ2n) is 7.74. The summed E-state index contributed by atoms with van der Waals surface area (Å²) in [5, 5.41) is 38.9. The minimum absolute atomic E-state index is 0.286. The summed E-state index contributed by atoms with van der Waals surface area (Å²) in [5.41, 5.74) is 0.745. The van der Waals surface area contributed by atoms with Crippen molar-refractivity contribution in [3.05, 3.63) is 24.7 Å². The van der Waals surface area contributed by atoms with E-state index in [2.05, 4.69) is 38.8 Å². The Labute approximate surface area is 167 Å². The van der Waals surface area contributed by atoms with Crippen molar-refractivity contribution in [3.63, 3.8) is 0 Å². The van der Waals surface area contributed by atoms with E-state index in [-0.39, 0.29) is 18.1 Å². The largest absolute Gasteiger partial charge is 0.390 e. The normalized spacial score (nSPS) is 27.3. The minimum atomic E-state index is -1.14. The van der Waals surface area contributed by atoms with Gasteiger partial charge < -0.3 is 20.6 Å². The van der Waals surface area contributed by atoms with E-state index in [9.17, 15) is 20.1 Å². The molecular weight excluding hydrogens is 374 g/mol. The van der Waals surface area contributed by atoms with E-state index >= 15 is 0 Å². The minimum Gasteiger partial charge on any atom is -0.390 e. The number of nitrogens with zero attached hydrogens (tertiary/aromatic N) is 4. The molecule has 9 heteroatoms. The Morgan fingerprint density at radius 3 is 2.79 bits per heavy atom. The van der Waals surface area contributed by atoms with Crippen LogP contribution in [0.4, 0.5) is 5.82 Å². The van der Waals surface area contributed by atoms with Crippen LogP contribution in [-0.4, -0.2) is 59.3 Å². The number of hydrogen-bond acceptors (Lipinski definition) is 7. The van der Waals surface area contributed by atoms with Crippen molar-refractivity contribution in [2.45, 2.75) is 50.5 Å². The van der Waals surface area contributed by atoms with Crippen molar-refractivity contribution in [2.24, 2.45) is 11.8 Å². The zero-order chi connectivity index (χ0) is 20.7. The van der Waals surface area contributed by atoms with Crippen LogP contribution < -0.4 is 5.32 Å². The molecule has 2 heterocycles.